The minimum Gasteiger partial charge on any atom is -0.258 e. The van der Waals surface area contributed by atoms with Crippen LogP contribution in [-0.4, -0.2) is 4.92 Å². The summed E-state index contributed by atoms with van der Waals surface area (Å²) in [6.07, 6.45) is -15.7. The molecular formula is C21H9F9N2O3. The third-order valence-electron chi connectivity index (χ3n) is 4.86. The van der Waals surface area contributed by atoms with E-state index in [0.717, 1.165) is 12.1 Å². The number of nitro groups is 1. The van der Waals surface area contributed by atoms with Gasteiger partial charge in [0.2, 0.25) is 0 Å². The molecule has 0 aliphatic carbocycles. The van der Waals surface area contributed by atoms with Crippen molar-refractivity contribution in [3.63, 3.8) is 0 Å². The fourth-order valence-electron chi connectivity index (χ4n) is 3.37. The SMILES string of the molecule is O=Nc1ccc(-c2ccc(-c3ccc([N+](=O)[O-])cc3C(F)(F)F)cc2C(F)(F)F)c(C(F)(F)F)c1. The van der Waals surface area contributed by atoms with Crippen LogP contribution in [0.15, 0.2) is 59.8 Å². The zero-order valence-electron chi connectivity index (χ0n) is 16.7. The molecule has 0 aliphatic heterocycles. The summed E-state index contributed by atoms with van der Waals surface area (Å²) in [4.78, 5) is 20.3. The molecule has 0 fully saturated rings. The maximum atomic E-state index is 13.8. The Labute approximate surface area is 188 Å². The number of benzene rings is 3. The minimum atomic E-state index is -5.31. The lowest BCUT2D eigenvalue weighted by Crippen LogP contribution is -2.12. The molecule has 0 radical (unpaired) electrons. The molecule has 0 saturated heterocycles. The van der Waals surface area contributed by atoms with Crippen molar-refractivity contribution in [3.05, 3.63) is 86.3 Å². The molecule has 0 unspecified atom stereocenters. The van der Waals surface area contributed by atoms with Gasteiger partial charge in [0, 0.05) is 12.1 Å². The van der Waals surface area contributed by atoms with E-state index in [0.29, 0.717) is 24.3 Å². The largest absolute Gasteiger partial charge is 0.417 e. The van der Waals surface area contributed by atoms with Crippen LogP contribution < -0.4 is 0 Å². The van der Waals surface area contributed by atoms with Gasteiger partial charge in [-0.15, -0.1) is 4.91 Å². The number of nitro benzene ring substituents is 1. The number of non-ortho nitro benzene ring substituents is 1. The Balaban J connectivity index is 2.32. The number of nitrogens with zero attached hydrogens (tertiary/aromatic N) is 2. The molecule has 0 bridgehead atoms. The van der Waals surface area contributed by atoms with Gasteiger partial charge in [-0.2, -0.15) is 39.5 Å². The van der Waals surface area contributed by atoms with Crippen LogP contribution in [0.25, 0.3) is 22.3 Å². The van der Waals surface area contributed by atoms with E-state index in [-0.39, 0.29) is 18.2 Å². The van der Waals surface area contributed by atoms with Crippen LogP contribution in [-0.2, 0) is 18.5 Å². The van der Waals surface area contributed by atoms with Crippen molar-refractivity contribution < 1.29 is 44.4 Å². The van der Waals surface area contributed by atoms with Crippen LogP contribution in [0.3, 0.4) is 0 Å². The molecule has 184 valence electrons. The Morgan fingerprint density at radius 1 is 0.629 bits per heavy atom. The molecule has 0 saturated carbocycles. The third kappa shape index (κ3) is 5.25. The molecule has 0 N–H and O–H groups in total. The summed E-state index contributed by atoms with van der Waals surface area (Å²) in [6, 6.07) is 4.49. The van der Waals surface area contributed by atoms with Crippen LogP contribution in [0.4, 0.5) is 50.9 Å². The van der Waals surface area contributed by atoms with Crippen LogP contribution >= 0.6 is 0 Å². The zero-order chi connectivity index (χ0) is 26.3. The fraction of sp³-hybridized carbons (Fsp3) is 0.143. The molecule has 0 heterocycles. The van der Waals surface area contributed by atoms with E-state index in [2.05, 4.69) is 5.18 Å². The molecule has 0 atom stereocenters. The molecule has 35 heavy (non-hydrogen) atoms. The maximum Gasteiger partial charge on any atom is 0.417 e. The molecule has 3 rings (SSSR count). The highest BCUT2D eigenvalue weighted by molar-refractivity contribution is 5.79. The summed E-state index contributed by atoms with van der Waals surface area (Å²) in [5.74, 6) is 0. The molecule has 3 aromatic rings. The van der Waals surface area contributed by atoms with Crippen LogP contribution in [0.5, 0.6) is 0 Å². The third-order valence-corrected chi connectivity index (χ3v) is 4.86. The predicted molar refractivity (Wildman–Crippen MR) is 104 cm³/mol. The van der Waals surface area contributed by atoms with Gasteiger partial charge < -0.3 is 0 Å². The van der Waals surface area contributed by atoms with Gasteiger partial charge in [-0.05, 0) is 51.7 Å². The lowest BCUT2D eigenvalue weighted by atomic mass is 9.90. The average molecular weight is 508 g/mol. The molecule has 0 aromatic heterocycles. The van der Waals surface area contributed by atoms with Gasteiger partial charge in [-0.25, -0.2) is 0 Å². The molecule has 0 spiro atoms. The van der Waals surface area contributed by atoms with Crippen molar-refractivity contribution in [1.82, 2.24) is 0 Å². The highest BCUT2D eigenvalue weighted by atomic mass is 19.4. The Hall–Kier alpha value is -3.97. The summed E-state index contributed by atoms with van der Waals surface area (Å²) < 4.78 is 123. The van der Waals surface area contributed by atoms with Crippen LogP contribution in [0, 0.1) is 15.0 Å². The standard InChI is InChI=1S/C21H9F9N2O3/c22-19(23,24)16-7-10(13-6-3-12(32(34)35)9-18(13)21(28,29)30)1-4-14(16)15-5-2-11(31-33)8-17(15)20(25,26)27/h1-9H. The lowest BCUT2D eigenvalue weighted by molar-refractivity contribution is -0.385. The van der Waals surface area contributed by atoms with E-state index < -0.39 is 73.8 Å². The average Bonchev–Trinajstić information content (AvgIpc) is 2.76. The van der Waals surface area contributed by atoms with Crippen LogP contribution in [0.2, 0.25) is 0 Å². The first kappa shape index (κ1) is 25.6. The summed E-state index contributed by atoms with van der Waals surface area (Å²) in [5, 5.41) is 13.2. The Morgan fingerprint density at radius 2 is 1.09 bits per heavy atom. The van der Waals surface area contributed by atoms with Gasteiger partial charge in [0.1, 0.15) is 5.69 Å². The Bertz CT molecular complexity index is 1310. The Morgan fingerprint density at radius 3 is 1.57 bits per heavy atom. The Kier molecular flexibility index (Phi) is 6.35. The van der Waals surface area contributed by atoms with E-state index in [4.69, 9.17) is 0 Å². The van der Waals surface area contributed by atoms with Crippen molar-refractivity contribution in [3.8, 4) is 22.3 Å². The van der Waals surface area contributed by atoms with Gasteiger partial charge in [0.05, 0.1) is 21.6 Å². The normalized spacial score (nSPS) is 12.5. The highest BCUT2D eigenvalue weighted by Crippen LogP contribution is 2.46. The molecule has 14 heteroatoms. The van der Waals surface area contributed by atoms with E-state index in [9.17, 15) is 54.5 Å². The van der Waals surface area contributed by atoms with Crippen molar-refractivity contribution >= 4 is 11.4 Å². The van der Waals surface area contributed by atoms with E-state index >= 15 is 0 Å². The molecule has 5 nitrogen and oxygen atoms in total. The molecule has 0 amide bonds. The van der Waals surface area contributed by atoms with Gasteiger partial charge >= 0.3 is 18.5 Å². The zero-order valence-corrected chi connectivity index (χ0v) is 16.7. The second kappa shape index (κ2) is 8.67. The van der Waals surface area contributed by atoms with Gasteiger partial charge in [0.25, 0.3) is 5.69 Å². The number of alkyl halides is 9. The lowest BCUT2D eigenvalue weighted by Gasteiger charge is -2.20. The highest BCUT2D eigenvalue weighted by Gasteiger charge is 2.40. The first-order chi connectivity index (χ1) is 16.0. The quantitative estimate of drug-likeness (QED) is 0.154. The van der Waals surface area contributed by atoms with Gasteiger partial charge in [0.15, 0.2) is 0 Å². The van der Waals surface area contributed by atoms with Gasteiger partial charge in [-0.3, -0.25) is 10.1 Å². The smallest absolute Gasteiger partial charge is 0.258 e. The topological polar surface area (TPSA) is 72.6 Å². The predicted octanol–water partition coefficient (Wildman–Crippen LogP) is 8.38. The first-order valence-corrected chi connectivity index (χ1v) is 9.16. The minimum absolute atomic E-state index is 0.142. The van der Waals surface area contributed by atoms with Gasteiger partial charge in [-0.1, -0.05) is 18.2 Å². The second-order valence-corrected chi connectivity index (χ2v) is 7.06. The number of rotatable bonds is 4. The maximum absolute atomic E-state index is 13.8. The van der Waals surface area contributed by atoms with Crippen molar-refractivity contribution in [2.24, 2.45) is 5.18 Å². The molecule has 3 aromatic carbocycles. The van der Waals surface area contributed by atoms with E-state index in [1.165, 1.54) is 0 Å². The number of nitroso groups, excluding NO2 is 1. The number of hydrogen-bond acceptors (Lipinski definition) is 4. The van der Waals surface area contributed by atoms with Crippen LogP contribution in [0.1, 0.15) is 16.7 Å². The van der Waals surface area contributed by atoms with Crippen molar-refractivity contribution in [2.45, 2.75) is 18.5 Å². The summed E-state index contributed by atoms with van der Waals surface area (Å²) >= 11 is 0. The number of halogens is 9. The van der Waals surface area contributed by atoms with Crippen molar-refractivity contribution in [2.75, 3.05) is 0 Å². The summed E-state index contributed by atoms with van der Waals surface area (Å²) in [7, 11) is 0. The summed E-state index contributed by atoms with van der Waals surface area (Å²) in [6.45, 7) is 0. The molecule has 0 aliphatic rings. The fourth-order valence-corrected chi connectivity index (χ4v) is 3.37. The number of hydrogen-bond donors (Lipinski definition) is 0. The molecular weight excluding hydrogens is 499 g/mol. The first-order valence-electron chi connectivity index (χ1n) is 9.16. The van der Waals surface area contributed by atoms with E-state index in [1.54, 1.807) is 0 Å². The van der Waals surface area contributed by atoms with Crippen molar-refractivity contribution in [1.29, 1.82) is 0 Å². The monoisotopic (exact) mass is 508 g/mol. The summed E-state index contributed by atoms with van der Waals surface area (Å²) in [5.41, 5.74) is -10.1. The second-order valence-electron chi connectivity index (χ2n) is 7.06. The van der Waals surface area contributed by atoms with E-state index in [1.807, 2.05) is 0 Å².